The van der Waals surface area contributed by atoms with Crippen molar-refractivity contribution in [2.45, 2.75) is 13.0 Å². The SMILES string of the molecule is COc1ccccc1C(=O)Nc1ccc(OC(=O)CCn2ccc3ccccc32)cc1. The molecule has 31 heavy (non-hydrogen) atoms. The Balaban J connectivity index is 1.33. The number of carbonyl (C=O) groups excluding carboxylic acids is 2. The van der Waals surface area contributed by atoms with Crippen LogP contribution in [0.1, 0.15) is 16.8 Å². The van der Waals surface area contributed by atoms with E-state index in [4.69, 9.17) is 9.47 Å². The summed E-state index contributed by atoms with van der Waals surface area (Å²) < 4.78 is 12.7. The number of fused-ring (bicyclic) bond motifs is 1. The van der Waals surface area contributed by atoms with Gasteiger partial charge >= 0.3 is 5.97 Å². The minimum absolute atomic E-state index is 0.255. The number of para-hydroxylation sites is 2. The van der Waals surface area contributed by atoms with Crippen molar-refractivity contribution in [2.24, 2.45) is 0 Å². The van der Waals surface area contributed by atoms with E-state index in [1.165, 1.54) is 7.11 Å². The Hall–Kier alpha value is -4.06. The summed E-state index contributed by atoms with van der Waals surface area (Å²) in [5.74, 6) is 0.336. The number of methoxy groups -OCH3 is 1. The molecule has 3 aromatic carbocycles. The standard InChI is InChI=1S/C25H22N2O4/c1-30-23-9-5-3-7-21(23)25(29)26-19-10-12-20(13-11-19)31-24(28)15-17-27-16-14-18-6-2-4-8-22(18)27/h2-14,16H,15,17H2,1H3,(H,26,29). The Kier molecular flexibility index (Phi) is 5.98. The number of carbonyl (C=O) groups is 2. The lowest BCUT2D eigenvalue weighted by atomic mass is 10.2. The quantitative estimate of drug-likeness (QED) is 0.345. The Morgan fingerprint density at radius 1 is 0.903 bits per heavy atom. The van der Waals surface area contributed by atoms with E-state index < -0.39 is 0 Å². The second-order valence-corrected chi connectivity index (χ2v) is 6.97. The number of amides is 1. The molecule has 0 spiro atoms. The van der Waals surface area contributed by atoms with Crippen molar-refractivity contribution in [3.05, 3.63) is 90.6 Å². The summed E-state index contributed by atoms with van der Waals surface area (Å²) in [6.45, 7) is 0.541. The van der Waals surface area contributed by atoms with Gasteiger partial charge in [-0.15, -0.1) is 0 Å². The molecule has 0 unspecified atom stereocenters. The van der Waals surface area contributed by atoms with Crippen molar-refractivity contribution < 1.29 is 19.1 Å². The first kappa shape index (κ1) is 20.2. The maximum absolute atomic E-state index is 12.5. The third-order valence-corrected chi connectivity index (χ3v) is 4.93. The molecule has 0 aliphatic rings. The lowest BCUT2D eigenvalue weighted by Gasteiger charge is -2.10. The average molecular weight is 414 g/mol. The molecule has 0 saturated carbocycles. The third-order valence-electron chi connectivity index (χ3n) is 4.93. The summed E-state index contributed by atoms with van der Waals surface area (Å²) >= 11 is 0. The topological polar surface area (TPSA) is 69.6 Å². The van der Waals surface area contributed by atoms with E-state index in [0.29, 0.717) is 29.3 Å². The van der Waals surface area contributed by atoms with Gasteiger partial charge in [-0.05, 0) is 53.9 Å². The highest BCUT2D eigenvalue weighted by Crippen LogP contribution is 2.21. The second kappa shape index (κ2) is 9.17. The first-order valence-corrected chi connectivity index (χ1v) is 9.93. The number of nitrogens with zero attached hydrogens (tertiary/aromatic N) is 1. The van der Waals surface area contributed by atoms with Crippen LogP contribution in [0.2, 0.25) is 0 Å². The van der Waals surface area contributed by atoms with Gasteiger partial charge in [0.05, 0.1) is 19.1 Å². The molecule has 4 aromatic rings. The van der Waals surface area contributed by atoms with E-state index in [1.807, 2.05) is 41.1 Å². The van der Waals surface area contributed by atoms with Gasteiger partial charge in [-0.25, -0.2) is 0 Å². The van der Waals surface area contributed by atoms with Gasteiger partial charge in [-0.3, -0.25) is 9.59 Å². The number of nitrogens with one attached hydrogen (secondary N) is 1. The Labute approximate surface area is 180 Å². The van der Waals surface area contributed by atoms with Crippen LogP contribution in [0.5, 0.6) is 11.5 Å². The monoisotopic (exact) mass is 414 g/mol. The van der Waals surface area contributed by atoms with Gasteiger partial charge in [0.15, 0.2) is 0 Å². The highest BCUT2D eigenvalue weighted by atomic mass is 16.5. The number of benzene rings is 3. The Morgan fingerprint density at radius 2 is 1.65 bits per heavy atom. The van der Waals surface area contributed by atoms with Crippen LogP contribution >= 0.6 is 0 Å². The Bertz CT molecular complexity index is 1210. The summed E-state index contributed by atoms with van der Waals surface area (Å²) in [6.07, 6.45) is 2.22. The van der Waals surface area contributed by atoms with E-state index in [1.54, 1.807) is 48.5 Å². The molecule has 0 aliphatic carbocycles. The molecule has 0 atom stereocenters. The molecule has 6 heteroatoms. The molecule has 0 fully saturated rings. The largest absolute Gasteiger partial charge is 0.496 e. The number of aryl methyl sites for hydroxylation is 1. The van der Waals surface area contributed by atoms with Crippen LogP contribution in [0.15, 0.2) is 85.1 Å². The maximum atomic E-state index is 12.5. The van der Waals surface area contributed by atoms with Gasteiger partial charge < -0.3 is 19.4 Å². The number of hydrogen-bond acceptors (Lipinski definition) is 4. The van der Waals surface area contributed by atoms with Gasteiger partial charge in [0.2, 0.25) is 0 Å². The van der Waals surface area contributed by atoms with Crippen LogP contribution < -0.4 is 14.8 Å². The van der Waals surface area contributed by atoms with E-state index in [9.17, 15) is 9.59 Å². The van der Waals surface area contributed by atoms with Crippen molar-refractivity contribution in [3.63, 3.8) is 0 Å². The minimum Gasteiger partial charge on any atom is -0.496 e. The molecule has 1 amide bonds. The third kappa shape index (κ3) is 4.75. The van der Waals surface area contributed by atoms with Crippen LogP contribution in [0.4, 0.5) is 5.69 Å². The summed E-state index contributed by atoms with van der Waals surface area (Å²) in [5.41, 5.74) is 2.12. The van der Waals surface area contributed by atoms with Crippen molar-refractivity contribution >= 4 is 28.5 Å². The van der Waals surface area contributed by atoms with E-state index in [0.717, 1.165) is 10.9 Å². The molecular formula is C25H22N2O4. The molecule has 0 saturated heterocycles. The lowest BCUT2D eigenvalue weighted by Crippen LogP contribution is -2.13. The fourth-order valence-corrected chi connectivity index (χ4v) is 3.37. The molecule has 156 valence electrons. The average Bonchev–Trinajstić information content (AvgIpc) is 3.22. The summed E-state index contributed by atoms with van der Waals surface area (Å²) in [4.78, 5) is 24.7. The molecule has 0 aliphatic heterocycles. The number of hydrogen-bond donors (Lipinski definition) is 1. The zero-order valence-electron chi connectivity index (χ0n) is 17.1. The fraction of sp³-hybridized carbons (Fsp3) is 0.120. The van der Waals surface area contributed by atoms with E-state index in [2.05, 4.69) is 5.32 Å². The molecule has 1 heterocycles. The van der Waals surface area contributed by atoms with Gasteiger partial charge in [0.25, 0.3) is 5.91 Å². The lowest BCUT2D eigenvalue weighted by molar-refractivity contribution is -0.134. The molecule has 0 radical (unpaired) electrons. The molecule has 1 aromatic heterocycles. The van der Waals surface area contributed by atoms with Crippen molar-refractivity contribution in [3.8, 4) is 11.5 Å². The molecule has 4 rings (SSSR count). The Morgan fingerprint density at radius 3 is 2.45 bits per heavy atom. The zero-order chi connectivity index (χ0) is 21.6. The van der Waals surface area contributed by atoms with Gasteiger partial charge in [0.1, 0.15) is 11.5 Å². The van der Waals surface area contributed by atoms with E-state index in [-0.39, 0.29) is 18.3 Å². The molecule has 0 bridgehead atoms. The van der Waals surface area contributed by atoms with Crippen molar-refractivity contribution in [1.82, 2.24) is 4.57 Å². The normalized spacial score (nSPS) is 10.6. The number of rotatable bonds is 7. The van der Waals surface area contributed by atoms with Crippen LogP contribution in [-0.4, -0.2) is 23.6 Å². The minimum atomic E-state index is -0.316. The second-order valence-electron chi connectivity index (χ2n) is 6.97. The summed E-state index contributed by atoms with van der Waals surface area (Å²) in [5, 5.41) is 3.95. The number of anilines is 1. The van der Waals surface area contributed by atoms with Crippen LogP contribution in [0.25, 0.3) is 10.9 Å². The molecule has 6 nitrogen and oxygen atoms in total. The highest BCUT2D eigenvalue weighted by Gasteiger charge is 2.12. The van der Waals surface area contributed by atoms with Gasteiger partial charge in [0, 0.05) is 23.9 Å². The van der Waals surface area contributed by atoms with E-state index >= 15 is 0 Å². The molecular weight excluding hydrogens is 392 g/mol. The van der Waals surface area contributed by atoms with Crippen LogP contribution in [0, 0.1) is 0 Å². The number of aromatic nitrogens is 1. The van der Waals surface area contributed by atoms with Crippen LogP contribution in [-0.2, 0) is 11.3 Å². The predicted octanol–water partition coefficient (Wildman–Crippen LogP) is 4.90. The number of ether oxygens (including phenoxy) is 2. The molecule has 1 N–H and O–H groups in total. The summed E-state index contributed by atoms with van der Waals surface area (Å²) in [6, 6.07) is 23.7. The zero-order valence-corrected chi connectivity index (χ0v) is 17.1. The van der Waals surface area contributed by atoms with Gasteiger partial charge in [-0.1, -0.05) is 30.3 Å². The smallest absolute Gasteiger partial charge is 0.312 e. The van der Waals surface area contributed by atoms with Crippen molar-refractivity contribution in [1.29, 1.82) is 0 Å². The summed E-state index contributed by atoms with van der Waals surface area (Å²) in [7, 11) is 1.52. The predicted molar refractivity (Wildman–Crippen MR) is 120 cm³/mol. The first-order valence-electron chi connectivity index (χ1n) is 9.93. The van der Waals surface area contributed by atoms with Crippen molar-refractivity contribution in [2.75, 3.05) is 12.4 Å². The van der Waals surface area contributed by atoms with Crippen LogP contribution in [0.3, 0.4) is 0 Å². The highest BCUT2D eigenvalue weighted by molar-refractivity contribution is 6.06. The van der Waals surface area contributed by atoms with Gasteiger partial charge in [-0.2, -0.15) is 0 Å². The first-order chi connectivity index (χ1) is 15.1. The number of esters is 1. The fourth-order valence-electron chi connectivity index (χ4n) is 3.37. The maximum Gasteiger partial charge on any atom is 0.312 e.